The van der Waals surface area contributed by atoms with Crippen molar-refractivity contribution >= 4 is 5.91 Å². The maximum atomic E-state index is 11.8. The first kappa shape index (κ1) is 14.8. The van der Waals surface area contributed by atoms with Crippen LogP contribution in [0.15, 0.2) is 67.0 Å². The maximum Gasteiger partial charge on any atom is 0.258 e. The van der Waals surface area contributed by atoms with Crippen molar-refractivity contribution in [1.29, 1.82) is 0 Å². The fraction of sp³-hybridized carbons (Fsp3) is 0.118. The van der Waals surface area contributed by atoms with Crippen molar-refractivity contribution in [3.8, 4) is 11.6 Å². The van der Waals surface area contributed by atoms with Gasteiger partial charge >= 0.3 is 0 Å². The lowest BCUT2D eigenvalue weighted by molar-refractivity contribution is -0.123. The second-order valence-corrected chi connectivity index (χ2v) is 4.82. The number of carbonyl (C=O) groups is 1. The summed E-state index contributed by atoms with van der Waals surface area (Å²) < 4.78 is 7.09. The molecule has 0 unspecified atom stereocenters. The fourth-order valence-corrected chi connectivity index (χ4v) is 1.99. The van der Waals surface area contributed by atoms with E-state index < -0.39 is 0 Å². The molecule has 0 atom stereocenters. The van der Waals surface area contributed by atoms with Crippen LogP contribution < -0.4 is 10.1 Å². The minimum Gasteiger partial charge on any atom is -0.466 e. The van der Waals surface area contributed by atoms with Crippen LogP contribution in [-0.2, 0) is 11.3 Å². The Morgan fingerprint density at radius 1 is 1.09 bits per heavy atom. The first-order valence-electron chi connectivity index (χ1n) is 7.22. The highest BCUT2D eigenvalue weighted by Crippen LogP contribution is 2.11. The van der Waals surface area contributed by atoms with Gasteiger partial charge in [-0.2, -0.15) is 0 Å². The quantitative estimate of drug-likeness (QED) is 0.756. The summed E-state index contributed by atoms with van der Waals surface area (Å²) in [5.41, 5.74) is 1.73. The van der Waals surface area contributed by atoms with Crippen LogP contribution in [0.5, 0.6) is 5.88 Å². The van der Waals surface area contributed by atoms with E-state index in [0.717, 1.165) is 11.4 Å². The van der Waals surface area contributed by atoms with E-state index in [0.29, 0.717) is 12.4 Å². The van der Waals surface area contributed by atoms with Crippen molar-refractivity contribution in [2.24, 2.45) is 0 Å². The van der Waals surface area contributed by atoms with Crippen molar-refractivity contribution in [3.63, 3.8) is 0 Å². The van der Waals surface area contributed by atoms with Crippen molar-refractivity contribution in [1.82, 2.24) is 20.1 Å². The minimum atomic E-state index is -0.218. The van der Waals surface area contributed by atoms with Crippen molar-refractivity contribution in [2.45, 2.75) is 6.54 Å². The predicted octanol–water partition coefficient (Wildman–Crippen LogP) is 1.96. The van der Waals surface area contributed by atoms with E-state index in [1.54, 1.807) is 23.1 Å². The molecular weight excluding hydrogens is 292 g/mol. The van der Waals surface area contributed by atoms with Gasteiger partial charge in [-0.1, -0.05) is 24.3 Å². The Kier molecular flexibility index (Phi) is 4.63. The SMILES string of the molecule is O=C(COc1ccn(-c2ccccc2)n1)NCc1ccccn1. The summed E-state index contributed by atoms with van der Waals surface area (Å²) >= 11 is 0. The zero-order valence-corrected chi connectivity index (χ0v) is 12.4. The number of nitrogens with one attached hydrogen (secondary N) is 1. The molecule has 0 aliphatic heterocycles. The standard InChI is InChI=1S/C17H16N4O2/c22-16(19-12-14-6-4-5-10-18-14)13-23-17-9-11-21(20-17)15-7-2-1-3-8-15/h1-11H,12-13H2,(H,19,22). The molecule has 3 aromatic rings. The Bertz CT molecular complexity index is 757. The van der Waals surface area contributed by atoms with Gasteiger partial charge in [-0.3, -0.25) is 9.78 Å². The highest BCUT2D eigenvalue weighted by Gasteiger charge is 2.06. The highest BCUT2D eigenvalue weighted by atomic mass is 16.5. The van der Waals surface area contributed by atoms with Crippen molar-refractivity contribution in [2.75, 3.05) is 6.61 Å². The fourth-order valence-electron chi connectivity index (χ4n) is 1.99. The molecule has 0 fully saturated rings. The van der Waals surface area contributed by atoms with Crippen LogP contribution in [0.2, 0.25) is 0 Å². The van der Waals surface area contributed by atoms with Crippen LogP contribution in [-0.4, -0.2) is 27.3 Å². The first-order chi connectivity index (χ1) is 11.3. The lowest BCUT2D eigenvalue weighted by atomic mass is 10.3. The molecule has 23 heavy (non-hydrogen) atoms. The Morgan fingerprint density at radius 2 is 1.91 bits per heavy atom. The third-order valence-electron chi connectivity index (χ3n) is 3.13. The van der Waals surface area contributed by atoms with Gasteiger partial charge in [-0.05, 0) is 24.3 Å². The molecule has 0 saturated heterocycles. The van der Waals surface area contributed by atoms with Crippen molar-refractivity contribution < 1.29 is 9.53 Å². The summed E-state index contributed by atoms with van der Waals surface area (Å²) in [5.74, 6) is 0.187. The summed E-state index contributed by atoms with van der Waals surface area (Å²) in [7, 11) is 0. The third-order valence-corrected chi connectivity index (χ3v) is 3.13. The van der Waals surface area contributed by atoms with E-state index in [-0.39, 0.29) is 12.5 Å². The molecule has 6 heteroatoms. The van der Waals surface area contributed by atoms with Gasteiger partial charge in [-0.15, -0.1) is 5.10 Å². The summed E-state index contributed by atoms with van der Waals surface area (Å²) in [6.07, 6.45) is 3.48. The smallest absolute Gasteiger partial charge is 0.258 e. The van der Waals surface area contributed by atoms with Gasteiger partial charge in [0.1, 0.15) is 0 Å². The summed E-state index contributed by atoms with van der Waals surface area (Å²) in [6, 6.07) is 17.0. The molecule has 3 rings (SSSR count). The number of aromatic nitrogens is 3. The van der Waals surface area contributed by atoms with E-state index in [1.807, 2.05) is 48.5 Å². The van der Waals surface area contributed by atoms with Gasteiger partial charge in [0.2, 0.25) is 5.88 Å². The van der Waals surface area contributed by atoms with Crippen LogP contribution in [0.4, 0.5) is 0 Å². The molecule has 1 amide bonds. The molecule has 0 spiro atoms. The lowest BCUT2D eigenvalue weighted by Crippen LogP contribution is -2.28. The van der Waals surface area contributed by atoms with Crippen LogP contribution in [0, 0.1) is 0 Å². The average Bonchev–Trinajstić information content (AvgIpc) is 3.09. The zero-order chi connectivity index (χ0) is 15.9. The van der Waals surface area contributed by atoms with Crippen LogP contribution in [0.25, 0.3) is 5.69 Å². The molecule has 0 bridgehead atoms. The summed E-state index contributed by atoms with van der Waals surface area (Å²) in [5, 5.41) is 7.02. The molecule has 2 heterocycles. The molecule has 1 N–H and O–H groups in total. The number of pyridine rings is 1. The predicted molar refractivity (Wildman–Crippen MR) is 85.1 cm³/mol. The number of carbonyl (C=O) groups excluding carboxylic acids is 1. The summed E-state index contributed by atoms with van der Waals surface area (Å²) in [4.78, 5) is 15.9. The highest BCUT2D eigenvalue weighted by molar-refractivity contribution is 5.77. The van der Waals surface area contributed by atoms with Gasteiger partial charge in [0.05, 0.1) is 17.9 Å². The van der Waals surface area contributed by atoms with Gasteiger partial charge in [-0.25, -0.2) is 4.68 Å². The molecule has 116 valence electrons. The number of hydrogen-bond acceptors (Lipinski definition) is 4. The van der Waals surface area contributed by atoms with Crippen LogP contribution in [0.3, 0.4) is 0 Å². The number of para-hydroxylation sites is 1. The van der Waals surface area contributed by atoms with E-state index in [1.165, 1.54) is 0 Å². The second-order valence-electron chi connectivity index (χ2n) is 4.82. The van der Waals surface area contributed by atoms with E-state index >= 15 is 0 Å². The van der Waals surface area contributed by atoms with E-state index in [4.69, 9.17) is 4.74 Å². The Balaban J connectivity index is 1.49. The minimum absolute atomic E-state index is 0.0847. The molecular formula is C17H16N4O2. The number of nitrogens with zero attached hydrogens (tertiary/aromatic N) is 3. The number of rotatable bonds is 6. The Morgan fingerprint density at radius 3 is 2.70 bits per heavy atom. The van der Waals surface area contributed by atoms with Crippen LogP contribution >= 0.6 is 0 Å². The maximum absolute atomic E-state index is 11.8. The van der Waals surface area contributed by atoms with Gasteiger partial charge in [0.25, 0.3) is 5.91 Å². The normalized spacial score (nSPS) is 10.3. The lowest BCUT2D eigenvalue weighted by Gasteiger charge is -2.05. The molecule has 2 aromatic heterocycles. The van der Waals surface area contributed by atoms with Gasteiger partial charge < -0.3 is 10.1 Å². The average molecular weight is 308 g/mol. The summed E-state index contributed by atoms with van der Waals surface area (Å²) in [6.45, 7) is 0.292. The second kappa shape index (κ2) is 7.22. The van der Waals surface area contributed by atoms with Gasteiger partial charge in [0, 0.05) is 18.5 Å². The molecule has 0 saturated carbocycles. The first-order valence-corrected chi connectivity index (χ1v) is 7.22. The molecule has 6 nitrogen and oxygen atoms in total. The molecule has 1 aromatic carbocycles. The number of benzene rings is 1. The van der Waals surface area contributed by atoms with Gasteiger partial charge in [0.15, 0.2) is 6.61 Å². The largest absolute Gasteiger partial charge is 0.466 e. The van der Waals surface area contributed by atoms with Crippen LogP contribution in [0.1, 0.15) is 5.69 Å². The van der Waals surface area contributed by atoms with E-state index in [2.05, 4.69) is 15.4 Å². The number of hydrogen-bond donors (Lipinski definition) is 1. The van der Waals surface area contributed by atoms with Crippen molar-refractivity contribution in [3.05, 3.63) is 72.7 Å². The number of amides is 1. The molecule has 0 radical (unpaired) electrons. The monoisotopic (exact) mass is 308 g/mol. The van der Waals surface area contributed by atoms with E-state index in [9.17, 15) is 4.79 Å². The molecule has 0 aliphatic rings. The number of ether oxygens (including phenoxy) is 1. The third kappa shape index (κ3) is 4.16. The Labute approximate surface area is 133 Å². The zero-order valence-electron chi connectivity index (χ0n) is 12.4. The molecule has 0 aliphatic carbocycles. The Hall–Kier alpha value is -3.15. The topological polar surface area (TPSA) is 69.0 Å².